The number of rotatable bonds is 35. The molecule has 0 bridgehead atoms. The van der Waals surface area contributed by atoms with Gasteiger partial charge in [-0.05, 0) is 6.42 Å². The minimum atomic E-state index is 0.542. The van der Waals surface area contributed by atoms with Crippen molar-refractivity contribution < 1.29 is 42.6 Å². The van der Waals surface area contributed by atoms with Gasteiger partial charge in [0.25, 0.3) is 0 Å². The molecule has 0 aliphatic heterocycles. The third-order valence-corrected chi connectivity index (χ3v) is 5.78. The van der Waals surface area contributed by atoms with E-state index in [1.165, 1.54) is 44.9 Å². The van der Waals surface area contributed by atoms with E-state index in [0.717, 1.165) is 24.1 Å². The molecule has 0 heterocycles. The van der Waals surface area contributed by atoms with Gasteiger partial charge in [0.1, 0.15) is 0 Å². The third kappa shape index (κ3) is 36.4. The Labute approximate surface area is 246 Å². The highest BCUT2D eigenvalue weighted by Crippen LogP contribution is 2.08. The summed E-state index contributed by atoms with van der Waals surface area (Å²) in [4.78, 5) is 0. The summed E-state index contributed by atoms with van der Waals surface area (Å²) < 4.78 is 50.2. The van der Waals surface area contributed by atoms with E-state index in [9.17, 15) is 0 Å². The Hall–Kier alpha value is 0.370. The molecule has 0 aromatic rings. The minimum Gasteiger partial charge on any atom is -0.379 e. The van der Waals surface area contributed by atoms with E-state index >= 15 is 0 Å². The monoisotopic (exact) mass is 664 g/mol. The summed E-state index contributed by atoms with van der Waals surface area (Å²) in [5, 5.41) is 0. The van der Waals surface area contributed by atoms with Gasteiger partial charge in [0.05, 0.1) is 112 Å². The molecule has 0 saturated carbocycles. The number of hydrogen-bond donors (Lipinski definition) is 0. The first kappa shape index (κ1) is 38.4. The second-order valence-electron chi connectivity index (χ2n) is 8.68. The van der Waals surface area contributed by atoms with Crippen molar-refractivity contribution >= 4 is 22.6 Å². The lowest BCUT2D eigenvalue weighted by Gasteiger charge is -2.09. The summed E-state index contributed by atoms with van der Waals surface area (Å²) in [7, 11) is 0. The fourth-order valence-corrected chi connectivity index (χ4v) is 3.57. The number of alkyl halides is 1. The first-order valence-electron chi connectivity index (χ1n) is 14.7. The topological polar surface area (TPSA) is 83.1 Å². The average molecular weight is 665 g/mol. The fourth-order valence-electron chi connectivity index (χ4n) is 3.25. The average Bonchev–Trinajstić information content (AvgIpc) is 2.93. The van der Waals surface area contributed by atoms with Gasteiger partial charge in [0.2, 0.25) is 0 Å². The van der Waals surface area contributed by atoms with Crippen LogP contribution in [0.1, 0.15) is 58.3 Å². The molecule has 0 radical (unpaired) electrons. The van der Waals surface area contributed by atoms with Crippen LogP contribution in [0.3, 0.4) is 0 Å². The number of ether oxygens (including phenoxy) is 9. The van der Waals surface area contributed by atoms with Crippen molar-refractivity contribution in [2.75, 3.05) is 123 Å². The van der Waals surface area contributed by atoms with Gasteiger partial charge in [-0.2, -0.15) is 0 Å². The molecule has 0 aliphatic carbocycles. The zero-order valence-electron chi connectivity index (χ0n) is 24.1. The van der Waals surface area contributed by atoms with Crippen molar-refractivity contribution in [1.82, 2.24) is 0 Å². The molecule has 0 N–H and O–H groups in total. The van der Waals surface area contributed by atoms with Crippen LogP contribution in [0.15, 0.2) is 0 Å². The molecule has 0 aromatic heterocycles. The lowest BCUT2D eigenvalue weighted by Crippen LogP contribution is -2.15. The lowest BCUT2D eigenvalue weighted by atomic mass is 10.1. The Morgan fingerprint density at radius 3 is 0.816 bits per heavy atom. The van der Waals surface area contributed by atoms with Gasteiger partial charge < -0.3 is 42.6 Å². The van der Waals surface area contributed by atoms with Crippen LogP contribution in [-0.4, -0.2) is 123 Å². The molecule has 0 saturated heterocycles. The molecule has 230 valence electrons. The Bertz CT molecular complexity index is 373. The van der Waals surface area contributed by atoms with E-state index in [1.807, 2.05) is 0 Å². The largest absolute Gasteiger partial charge is 0.379 e. The van der Waals surface area contributed by atoms with Gasteiger partial charge in [-0.15, -0.1) is 0 Å². The lowest BCUT2D eigenvalue weighted by molar-refractivity contribution is -0.0248. The molecule has 0 aromatic carbocycles. The highest BCUT2D eigenvalue weighted by molar-refractivity contribution is 14.1. The SMILES string of the molecule is CCCCCCCCCCOCCOCCOCCOCCOCCOCCOCCOCCOCCI. The van der Waals surface area contributed by atoms with Crippen molar-refractivity contribution in [1.29, 1.82) is 0 Å². The van der Waals surface area contributed by atoms with E-state index in [0.29, 0.717) is 106 Å². The highest BCUT2D eigenvalue weighted by atomic mass is 127. The van der Waals surface area contributed by atoms with Crippen molar-refractivity contribution in [3.63, 3.8) is 0 Å². The van der Waals surface area contributed by atoms with Gasteiger partial charge >= 0.3 is 0 Å². The zero-order chi connectivity index (χ0) is 27.5. The van der Waals surface area contributed by atoms with Gasteiger partial charge in [-0.3, -0.25) is 0 Å². The van der Waals surface area contributed by atoms with Crippen molar-refractivity contribution in [2.24, 2.45) is 0 Å². The molecule has 9 nitrogen and oxygen atoms in total. The summed E-state index contributed by atoms with van der Waals surface area (Å²) in [6.45, 7) is 13.1. The Morgan fingerprint density at radius 1 is 0.289 bits per heavy atom. The molecule has 0 fully saturated rings. The maximum absolute atomic E-state index is 5.61. The zero-order valence-corrected chi connectivity index (χ0v) is 26.3. The number of halogens is 1. The standard InChI is InChI=1S/C28H57IO9/c1-2-3-4-5-6-7-8-9-11-30-13-15-32-17-19-34-21-23-36-25-27-38-28-26-37-24-22-35-20-18-33-16-14-31-12-10-29/h2-28H2,1H3. The van der Waals surface area contributed by atoms with E-state index in [4.69, 9.17) is 42.6 Å². The van der Waals surface area contributed by atoms with E-state index in [1.54, 1.807) is 0 Å². The van der Waals surface area contributed by atoms with Crippen molar-refractivity contribution in [3.8, 4) is 0 Å². The van der Waals surface area contributed by atoms with Crippen molar-refractivity contribution in [3.05, 3.63) is 0 Å². The summed E-state index contributed by atoms with van der Waals surface area (Å²) in [5.41, 5.74) is 0. The second kappa shape index (κ2) is 37.4. The van der Waals surface area contributed by atoms with Crippen LogP contribution in [0.5, 0.6) is 0 Å². The van der Waals surface area contributed by atoms with Crippen LogP contribution in [0.25, 0.3) is 0 Å². The first-order valence-corrected chi connectivity index (χ1v) is 16.2. The smallest absolute Gasteiger partial charge is 0.0701 e. The summed E-state index contributed by atoms with van der Waals surface area (Å²) in [6, 6.07) is 0. The van der Waals surface area contributed by atoms with Crippen LogP contribution >= 0.6 is 22.6 Å². The predicted molar refractivity (Wildman–Crippen MR) is 159 cm³/mol. The summed E-state index contributed by atoms with van der Waals surface area (Å²) in [6.07, 6.45) is 10.6. The molecular weight excluding hydrogens is 607 g/mol. The summed E-state index contributed by atoms with van der Waals surface area (Å²) in [5.74, 6) is 0. The van der Waals surface area contributed by atoms with Gasteiger partial charge in [0, 0.05) is 11.0 Å². The van der Waals surface area contributed by atoms with Crippen LogP contribution in [-0.2, 0) is 42.6 Å². The van der Waals surface area contributed by atoms with E-state index in [-0.39, 0.29) is 0 Å². The number of unbranched alkanes of at least 4 members (excludes halogenated alkanes) is 7. The second-order valence-corrected chi connectivity index (χ2v) is 9.75. The van der Waals surface area contributed by atoms with Crippen LogP contribution in [0.2, 0.25) is 0 Å². The minimum absolute atomic E-state index is 0.542. The van der Waals surface area contributed by atoms with Crippen LogP contribution in [0.4, 0.5) is 0 Å². The van der Waals surface area contributed by atoms with Crippen molar-refractivity contribution in [2.45, 2.75) is 58.3 Å². The van der Waals surface area contributed by atoms with E-state index < -0.39 is 0 Å². The molecule has 0 atom stereocenters. The highest BCUT2D eigenvalue weighted by Gasteiger charge is 1.96. The fraction of sp³-hybridized carbons (Fsp3) is 1.00. The number of hydrogen-bond acceptors (Lipinski definition) is 9. The van der Waals surface area contributed by atoms with Crippen LogP contribution in [0, 0.1) is 0 Å². The predicted octanol–water partition coefficient (Wildman–Crippen LogP) is 4.71. The first-order chi connectivity index (χ1) is 18.9. The normalized spacial score (nSPS) is 11.5. The molecule has 10 heteroatoms. The summed E-state index contributed by atoms with van der Waals surface area (Å²) >= 11 is 2.28. The maximum atomic E-state index is 5.61. The molecule has 38 heavy (non-hydrogen) atoms. The van der Waals surface area contributed by atoms with Gasteiger partial charge in [0.15, 0.2) is 0 Å². The quantitative estimate of drug-likeness (QED) is 0.0544. The third-order valence-electron chi connectivity index (χ3n) is 5.34. The van der Waals surface area contributed by atoms with Crippen LogP contribution < -0.4 is 0 Å². The molecular formula is C28H57IO9. The van der Waals surface area contributed by atoms with E-state index in [2.05, 4.69) is 29.5 Å². The maximum Gasteiger partial charge on any atom is 0.0701 e. The Morgan fingerprint density at radius 2 is 0.526 bits per heavy atom. The molecule has 0 rings (SSSR count). The van der Waals surface area contributed by atoms with Gasteiger partial charge in [-0.1, -0.05) is 74.5 Å². The molecule has 0 spiro atoms. The van der Waals surface area contributed by atoms with Gasteiger partial charge in [-0.25, -0.2) is 0 Å². The Kier molecular flexibility index (Phi) is 37.7. The molecule has 0 amide bonds. The Balaban J connectivity index is 3.01. The molecule has 0 unspecified atom stereocenters. The molecule has 0 aliphatic rings.